The largest absolute Gasteiger partial charge is 0.365 e. The second-order valence-electron chi connectivity index (χ2n) is 3.65. The highest BCUT2D eigenvalue weighted by atomic mass is 31.0. The van der Waals surface area contributed by atoms with Gasteiger partial charge in [-0.2, -0.15) is 0 Å². The first kappa shape index (κ1) is 8.49. The van der Waals surface area contributed by atoms with Gasteiger partial charge in [0, 0.05) is 9.47 Å². The zero-order valence-electron chi connectivity index (χ0n) is 6.84. The Morgan fingerprint density at radius 3 is 2.50 bits per heavy atom. The third-order valence-electron chi connectivity index (χ3n) is 2.59. The van der Waals surface area contributed by atoms with E-state index < -0.39 is 0 Å². The quantitative estimate of drug-likeness (QED) is 0.564. The Bertz CT molecular complexity index is 105. The summed E-state index contributed by atoms with van der Waals surface area (Å²) in [4.78, 5) is 0. The van der Waals surface area contributed by atoms with Crippen LogP contribution in [0.4, 0.5) is 0 Å². The molecule has 1 aliphatic rings. The van der Waals surface area contributed by atoms with Gasteiger partial charge in [0.2, 0.25) is 0 Å². The van der Waals surface area contributed by atoms with Crippen LogP contribution in [-0.2, 0) is 4.52 Å². The van der Waals surface area contributed by atoms with Crippen LogP contribution in [0.25, 0.3) is 0 Å². The minimum Gasteiger partial charge on any atom is -0.365 e. The maximum atomic E-state index is 5.06. The highest BCUT2D eigenvalue weighted by Gasteiger charge is 2.28. The predicted octanol–water partition coefficient (Wildman–Crippen LogP) is 2.48. The van der Waals surface area contributed by atoms with Crippen LogP contribution in [0.2, 0.25) is 0 Å². The fourth-order valence-corrected chi connectivity index (χ4v) is 2.28. The second-order valence-corrected chi connectivity index (χ2v) is 3.98. The summed E-state index contributed by atoms with van der Waals surface area (Å²) in [6, 6.07) is 0. The monoisotopic (exact) mass is 160 g/mol. The van der Waals surface area contributed by atoms with Gasteiger partial charge in [0.05, 0.1) is 6.61 Å². The smallest absolute Gasteiger partial charge is 0.0532 e. The minimum atomic E-state index is 0.812. The van der Waals surface area contributed by atoms with Gasteiger partial charge in [-0.3, -0.25) is 0 Å². The normalized spacial score (nSPS) is 40.5. The lowest BCUT2D eigenvalue weighted by molar-refractivity contribution is 0.250. The maximum absolute atomic E-state index is 5.06. The van der Waals surface area contributed by atoms with E-state index in [1.807, 2.05) is 0 Å². The van der Waals surface area contributed by atoms with Crippen molar-refractivity contribution < 1.29 is 4.52 Å². The highest BCUT2D eigenvalue weighted by Crippen LogP contribution is 2.35. The van der Waals surface area contributed by atoms with Crippen LogP contribution in [-0.4, -0.2) is 6.61 Å². The average molecular weight is 160 g/mol. The van der Waals surface area contributed by atoms with Crippen molar-refractivity contribution in [2.45, 2.75) is 26.7 Å². The van der Waals surface area contributed by atoms with Gasteiger partial charge in [-0.25, -0.2) is 0 Å². The molecule has 1 nitrogen and oxygen atoms in total. The minimum absolute atomic E-state index is 0.812. The van der Waals surface area contributed by atoms with Gasteiger partial charge in [-0.15, -0.1) is 0 Å². The van der Waals surface area contributed by atoms with E-state index in [4.69, 9.17) is 4.52 Å². The molecule has 1 saturated carbocycles. The van der Waals surface area contributed by atoms with Crippen LogP contribution in [0.3, 0.4) is 0 Å². The van der Waals surface area contributed by atoms with E-state index >= 15 is 0 Å². The van der Waals surface area contributed by atoms with Crippen molar-refractivity contribution in [3.63, 3.8) is 0 Å². The van der Waals surface area contributed by atoms with Crippen molar-refractivity contribution in [2.75, 3.05) is 6.61 Å². The van der Waals surface area contributed by atoms with E-state index in [1.54, 1.807) is 0 Å². The molecule has 1 rings (SSSR count). The first-order valence-corrected chi connectivity index (χ1v) is 4.53. The Labute approximate surface area is 65.8 Å². The number of rotatable bonds is 2. The molecule has 1 fully saturated rings. The topological polar surface area (TPSA) is 9.23 Å². The molecule has 0 bridgehead atoms. The van der Waals surface area contributed by atoms with E-state index in [0.29, 0.717) is 0 Å². The van der Waals surface area contributed by atoms with Crippen LogP contribution in [0.5, 0.6) is 0 Å². The summed E-state index contributed by atoms with van der Waals surface area (Å²) >= 11 is 0. The van der Waals surface area contributed by atoms with E-state index in [0.717, 1.165) is 24.4 Å². The Balaban J connectivity index is 2.31. The van der Waals surface area contributed by atoms with E-state index in [9.17, 15) is 0 Å². The lowest BCUT2D eigenvalue weighted by atomic mass is 10.00. The standard InChI is InChI=1S/C8H17OP/c1-6-3-7(2)8(4-6)5-9-10/h6-8H,3-5,10H2,1-2H3. The first-order chi connectivity index (χ1) is 4.74. The molecule has 0 spiro atoms. The van der Waals surface area contributed by atoms with Gasteiger partial charge >= 0.3 is 0 Å². The van der Waals surface area contributed by atoms with Crippen LogP contribution in [0.1, 0.15) is 26.7 Å². The SMILES string of the molecule is CC1CC(C)C(COP)C1. The maximum Gasteiger partial charge on any atom is 0.0532 e. The highest BCUT2D eigenvalue weighted by molar-refractivity contribution is 7.09. The summed E-state index contributed by atoms with van der Waals surface area (Å²) in [6.45, 7) is 5.59. The van der Waals surface area contributed by atoms with Gasteiger partial charge < -0.3 is 4.52 Å². The number of hydrogen-bond donors (Lipinski definition) is 0. The third-order valence-corrected chi connectivity index (χ3v) is 2.79. The average Bonchev–Trinajstić information content (AvgIpc) is 2.13. The molecule has 0 aliphatic heterocycles. The summed E-state index contributed by atoms with van der Waals surface area (Å²) in [5.41, 5.74) is 0. The second kappa shape index (κ2) is 3.69. The Hall–Kier alpha value is 0.390. The molecule has 0 amide bonds. The molecule has 0 aromatic heterocycles. The Morgan fingerprint density at radius 1 is 1.40 bits per heavy atom. The molecule has 60 valence electrons. The summed E-state index contributed by atoms with van der Waals surface area (Å²) < 4.78 is 5.06. The van der Waals surface area contributed by atoms with Gasteiger partial charge in [0.1, 0.15) is 0 Å². The van der Waals surface area contributed by atoms with Gasteiger partial charge in [0.25, 0.3) is 0 Å². The van der Waals surface area contributed by atoms with Crippen molar-refractivity contribution in [3.05, 3.63) is 0 Å². The molecule has 0 radical (unpaired) electrons. The van der Waals surface area contributed by atoms with Gasteiger partial charge in [0.15, 0.2) is 0 Å². The first-order valence-electron chi connectivity index (χ1n) is 4.05. The lowest BCUT2D eigenvalue weighted by Crippen LogP contribution is -2.08. The zero-order valence-corrected chi connectivity index (χ0v) is 7.99. The molecule has 10 heavy (non-hydrogen) atoms. The fraction of sp³-hybridized carbons (Fsp3) is 1.00. The van der Waals surface area contributed by atoms with Gasteiger partial charge in [-0.05, 0) is 30.6 Å². The molecule has 0 N–H and O–H groups in total. The Kier molecular flexibility index (Phi) is 3.13. The molecule has 2 heteroatoms. The molecular weight excluding hydrogens is 143 g/mol. The van der Waals surface area contributed by atoms with Crippen molar-refractivity contribution in [1.82, 2.24) is 0 Å². The fourth-order valence-electron chi connectivity index (χ4n) is 2.03. The summed E-state index contributed by atoms with van der Waals surface area (Å²) in [7, 11) is 2.34. The molecular formula is C8H17OP. The van der Waals surface area contributed by atoms with Crippen molar-refractivity contribution in [3.8, 4) is 0 Å². The molecule has 0 heterocycles. The zero-order chi connectivity index (χ0) is 7.56. The molecule has 1 aliphatic carbocycles. The van der Waals surface area contributed by atoms with Crippen LogP contribution in [0, 0.1) is 17.8 Å². The van der Waals surface area contributed by atoms with Crippen molar-refractivity contribution in [1.29, 1.82) is 0 Å². The summed E-state index contributed by atoms with van der Waals surface area (Å²) in [6.07, 6.45) is 2.74. The van der Waals surface area contributed by atoms with E-state index in [1.165, 1.54) is 12.8 Å². The van der Waals surface area contributed by atoms with E-state index in [2.05, 4.69) is 23.3 Å². The number of hydrogen-bond acceptors (Lipinski definition) is 1. The molecule has 4 atom stereocenters. The summed E-state index contributed by atoms with van der Waals surface area (Å²) in [5.74, 6) is 2.60. The summed E-state index contributed by atoms with van der Waals surface area (Å²) in [5, 5.41) is 0. The molecule has 0 aromatic rings. The Morgan fingerprint density at radius 2 is 2.10 bits per heavy atom. The van der Waals surface area contributed by atoms with Crippen molar-refractivity contribution >= 4 is 9.47 Å². The lowest BCUT2D eigenvalue weighted by Gasteiger charge is -2.12. The molecule has 4 unspecified atom stereocenters. The van der Waals surface area contributed by atoms with Crippen LogP contribution in [0.15, 0.2) is 0 Å². The third kappa shape index (κ3) is 1.93. The van der Waals surface area contributed by atoms with Crippen molar-refractivity contribution in [2.24, 2.45) is 17.8 Å². The molecule has 0 aromatic carbocycles. The van der Waals surface area contributed by atoms with E-state index in [-0.39, 0.29) is 0 Å². The molecule has 0 saturated heterocycles. The van der Waals surface area contributed by atoms with Gasteiger partial charge in [-0.1, -0.05) is 13.8 Å². The van der Waals surface area contributed by atoms with Crippen LogP contribution >= 0.6 is 9.47 Å². The van der Waals surface area contributed by atoms with Crippen LogP contribution < -0.4 is 0 Å². The predicted molar refractivity (Wildman–Crippen MR) is 46.7 cm³/mol.